The zero-order valence-electron chi connectivity index (χ0n) is 13.9. The Morgan fingerprint density at radius 3 is 2.78 bits per heavy atom. The molecule has 1 aromatic rings. The number of nitrogens with zero attached hydrogens (tertiary/aromatic N) is 2. The number of amides is 2. The minimum Gasteiger partial charge on any atom is -0.356 e. The summed E-state index contributed by atoms with van der Waals surface area (Å²) in [6.45, 7) is 4.22. The van der Waals surface area contributed by atoms with Crippen molar-refractivity contribution < 1.29 is 9.59 Å². The first-order chi connectivity index (χ1) is 11.2. The lowest BCUT2D eigenvalue weighted by atomic mass is 9.96. The number of hydrogen-bond acceptors (Lipinski definition) is 4. The van der Waals surface area contributed by atoms with Gasteiger partial charge in [0, 0.05) is 32.3 Å². The number of thioether (sulfide) groups is 1. The Balaban J connectivity index is 1.84. The Morgan fingerprint density at radius 2 is 2.13 bits per heavy atom. The second-order valence-corrected chi connectivity index (χ2v) is 6.64. The zero-order chi connectivity index (χ0) is 16.7. The lowest BCUT2D eigenvalue weighted by molar-refractivity contribution is -0.121. The van der Waals surface area contributed by atoms with Crippen LogP contribution in [0, 0.1) is 5.92 Å². The van der Waals surface area contributed by atoms with Gasteiger partial charge in [0.15, 0.2) is 0 Å². The van der Waals surface area contributed by atoms with Gasteiger partial charge in [-0.2, -0.15) is 0 Å². The highest BCUT2D eigenvalue weighted by molar-refractivity contribution is 7.98. The number of nitrogens with one attached hydrogen (secondary N) is 1. The largest absolute Gasteiger partial charge is 0.356 e. The molecule has 6 heteroatoms. The summed E-state index contributed by atoms with van der Waals surface area (Å²) < 4.78 is 0. The van der Waals surface area contributed by atoms with Gasteiger partial charge < -0.3 is 10.2 Å². The summed E-state index contributed by atoms with van der Waals surface area (Å²) in [4.78, 5) is 30.3. The molecular weight excluding hydrogens is 310 g/mol. The van der Waals surface area contributed by atoms with Gasteiger partial charge >= 0.3 is 0 Å². The van der Waals surface area contributed by atoms with Gasteiger partial charge in [0.2, 0.25) is 5.91 Å². The van der Waals surface area contributed by atoms with E-state index in [-0.39, 0.29) is 11.8 Å². The number of carbonyl (C=O) groups is 2. The van der Waals surface area contributed by atoms with Crippen LogP contribution in [0.3, 0.4) is 0 Å². The van der Waals surface area contributed by atoms with Crippen LogP contribution in [0.5, 0.6) is 0 Å². The summed E-state index contributed by atoms with van der Waals surface area (Å²) in [7, 11) is 0. The van der Waals surface area contributed by atoms with Gasteiger partial charge in [-0.3, -0.25) is 9.59 Å². The molecule has 2 rings (SSSR count). The van der Waals surface area contributed by atoms with Crippen LogP contribution in [0.25, 0.3) is 0 Å². The molecule has 0 aliphatic carbocycles. The Kier molecular flexibility index (Phi) is 6.89. The van der Waals surface area contributed by atoms with Gasteiger partial charge in [-0.15, -0.1) is 11.8 Å². The number of rotatable bonds is 6. The highest BCUT2D eigenvalue weighted by Crippen LogP contribution is 2.22. The fourth-order valence-corrected chi connectivity index (χ4v) is 3.34. The standard InChI is InChI=1S/C17H25N3O2S/c1-3-5-15(21)19-12-13-7-10-20(11-8-13)17(22)14-6-4-9-18-16(14)23-2/h4,6,9,13H,3,5,7-8,10-12H2,1-2H3,(H,19,21). The topological polar surface area (TPSA) is 62.3 Å². The fraction of sp³-hybridized carbons (Fsp3) is 0.588. The molecule has 0 unspecified atom stereocenters. The van der Waals surface area contributed by atoms with E-state index in [2.05, 4.69) is 10.3 Å². The predicted molar refractivity (Wildman–Crippen MR) is 92.6 cm³/mol. The van der Waals surface area contributed by atoms with E-state index < -0.39 is 0 Å². The number of likely N-dealkylation sites (tertiary alicyclic amines) is 1. The van der Waals surface area contributed by atoms with Crippen molar-refractivity contribution in [1.29, 1.82) is 0 Å². The second-order valence-electron chi connectivity index (χ2n) is 5.85. The normalized spacial score (nSPS) is 15.5. The summed E-state index contributed by atoms with van der Waals surface area (Å²) in [5.74, 6) is 0.663. The van der Waals surface area contributed by atoms with E-state index in [4.69, 9.17) is 0 Å². The van der Waals surface area contributed by atoms with Crippen LogP contribution < -0.4 is 5.32 Å². The highest BCUT2D eigenvalue weighted by Gasteiger charge is 2.25. The summed E-state index contributed by atoms with van der Waals surface area (Å²) in [5, 5.41) is 3.78. The molecule has 1 aliphatic rings. The zero-order valence-corrected chi connectivity index (χ0v) is 14.7. The van der Waals surface area contributed by atoms with E-state index in [1.807, 2.05) is 30.2 Å². The second kappa shape index (κ2) is 8.91. The smallest absolute Gasteiger partial charge is 0.256 e. The summed E-state index contributed by atoms with van der Waals surface area (Å²) in [6.07, 6.45) is 7.00. The minimum absolute atomic E-state index is 0.0657. The lowest BCUT2D eigenvalue weighted by Gasteiger charge is -2.32. The molecule has 1 aliphatic heterocycles. The maximum Gasteiger partial charge on any atom is 0.256 e. The predicted octanol–water partition coefficient (Wildman–Crippen LogP) is 2.57. The Bertz CT molecular complexity index is 542. The number of aromatic nitrogens is 1. The Labute approximate surface area is 142 Å². The quantitative estimate of drug-likeness (QED) is 0.812. The summed E-state index contributed by atoms with van der Waals surface area (Å²) in [6, 6.07) is 3.65. The lowest BCUT2D eigenvalue weighted by Crippen LogP contribution is -2.41. The van der Waals surface area contributed by atoms with Crippen LogP contribution in [0.15, 0.2) is 23.4 Å². The molecule has 0 spiro atoms. The number of hydrogen-bond donors (Lipinski definition) is 1. The van der Waals surface area contributed by atoms with E-state index in [0.29, 0.717) is 17.9 Å². The first-order valence-corrected chi connectivity index (χ1v) is 9.43. The molecule has 1 saturated heterocycles. The van der Waals surface area contributed by atoms with Crippen LogP contribution >= 0.6 is 11.8 Å². The van der Waals surface area contributed by atoms with Crippen LogP contribution in [-0.4, -0.2) is 47.6 Å². The third-order valence-corrected chi connectivity index (χ3v) is 4.87. The summed E-state index contributed by atoms with van der Waals surface area (Å²) in [5.41, 5.74) is 0.690. The van der Waals surface area contributed by atoms with Crippen molar-refractivity contribution in [2.75, 3.05) is 25.9 Å². The maximum absolute atomic E-state index is 12.6. The third-order valence-electron chi connectivity index (χ3n) is 4.16. The van der Waals surface area contributed by atoms with Crippen molar-refractivity contribution in [2.45, 2.75) is 37.6 Å². The van der Waals surface area contributed by atoms with Crippen molar-refractivity contribution in [1.82, 2.24) is 15.2 Å². The molecule has 1 aromatic heterocycles. The van der Waals surface area contributed by atoms with Crippen LogP contribution in [0.2, 0.25) is 0 Å². The van der Waals surface area contributed by atoms with E-state index in [9.17, 15) is 9.59 Å². The highest BCUT2D eigenvalue weighted by atomic mass is 32.2. The SMILES string of the molecule is CCCC(=O)NCC1CCN(C(=O)c2cccnc2SC)CC1. The summed E-state index contributed by atoms with van der Waals surface area (Å²) >= 11 is 1.50. The third kappa shape index (κ3) is 4.96. The molecule has 23 heavy (non-hydrogen) atoms. The van der Waals surface area contributed by atoms with E-state index in [1.54, 1.807) is 6.20 Å². The molecule has 1 fully saturated rings. The number of carbonyl (C=O) groups excluding carboxylic acids is 2. The van der Waals surface area contributed by atoms with Crippen LogP contribution in [0.4, 0.5) is 0 Å². The molecule has 126 valence electrons. The molecule has 2 heterocycles. The molecule has 0 saturated carbocycles. The molecule has 5 nitrogen and oxygen atoms in total. The molecule has 0 bridgehead atoms. The van der Waals surface area contributed by atoms with Gasteiger partial charge in [-0.1, -0.05) is 6.92 Å². The fourth-order valence-electron chi connectivity index (χ4n) is 2.80. The monoisotopic (exact) mass is 335 g/mol. The maximum atomic E-state index is 12.6. The molecule has 1 N–H and O–H groups in total. The van der Waals surface area contributed by atoms with Crippen molar-refractivity contribution in [2.24, 2.45) is 5.92 Å². The van der Waals surface area contributed by atoms with Crippen molar-refractivity contribution in [3.8, 4) is 0 Å². The molecule has 0 atom stereocenters. The number of pyridine rings is 1. The van der Waals surface area contributed by atoms with Crippen molar-refractivity contribution in [3.05, 3.63) is 23.9 Å². The van der Waals surface area contributed by atoms with Gasteiger partial charge in [-0.25, -0.2) is 4.98 Å². The average molecular weight is 335 g/mol. The minimum atomic E-state index is 0.0657. The van der Waals surface area contributed by atoms with Crippen molar-refractivity contribution in [3.63, 3.8) is 0 Å². The molecule has 0 radical (unpaired) electrons. The van der Waals surface area contributed by atoms with Crippen LogP contribution in [0.1, 0.15) is 43.0 Å². The molecule has 0 aromatic carbocycles. The Morgan fingerprint density at radius 1 is 1.39 bits per heavy atom. The molecule has 2 amide bonds. The van der Waals surface area contributed by atoms with Crippen molar-refractivity contribution >= 4 is 23.6 Å². The van der Waals surface area contributed by atoms with Gasteiger partial charge in [-0.05, 0) is 43.6 Å². The Hall–Kier alpha value is -1.56. The van der Waals surface area contributed by atoms with Gasteiger partial charge in [0.25, 0.3) is 5.91 Å². The number of piperidine rings is 1. The van der Waals surface area contributed by atoms with Gasteiger partial charge in [0.05, 0.1) is 5.56 Å². The average Bonchev–Trinajstić information content (AvgIpc) is 2.60. The van der Waals surface area contributed by atoms with Gasteiger partial charge in [0.1, 0.15) is 5.03 Å². The molecular formula is C17H25N3O2S. The van der Waals surface area contributed by atoms with E-state index >= 15 is 0 Å². The first-order valence-electron chi connectivity index (χ1n) is 8.20. The van der Waals surface area contributed by atoms with E-state index in [1.165, 1.54) is 11.8 Å². The van der Waals surface area contributed by atoms with E-state index in [0.717, 1.165) is 43.9 Å². The first kappa shape index (κ1) is 17.8. The van der Waals surface area contributed by atoms with Crippen LogP contribution in [-0.2, 0) is 4.79 Å².